The van der Waals surface area contributed by atoms with Crippen LogP contribution in [0, 0.1) is 0 Å². The third-order valence-corrected chi connectivity index (χ3v) is 2.27. The van der Waals surface area contributed by atoms with Crippen LogP contribution in [0.5, 0.6) is 0 Å². The molecule has 0 bridgehead atoms. The summed E-state index contributed by atoms with van der Waals surface area (Å²) in [6, 6.07) is 0.470. The number of oxime groups is 1. The van der Waals surface area contributed by atoms with E-state index in [9.17, 15) is 0 Å². The van der Waals surface area contributed by atoms with Gasteiger partial charge in [0.1, 0.15) is 6.10 Å². The van der Waals surface area contributed by atoms with Crippen molar-refractivity contribution in [1.29, 1.82) is 0 Å². The van der Waals surface area contributed by atoms with Crippen LogP contribution < -0.4 is 5.73 Å². The fourth-order valence-corrected chi connectivity index (χ4v) is 1.38. The summed E-state index contributed by atoms with van der Waals surface area (Å²) >= 11 is 0. The fraction of sp³-hybridized carbons (Fsp3) is 0.875. The average Bonchev–Trinajstić information content (AvgIpc) is 2.17. The van der Waals surface area contributed by atoms with Crippen LogP contribution in [-0.2, 0) is 4.74 Å². The molecule has 0 aromatic carbocycles. The van der Waals surface area contributed by atoms with Gasteiger partial charge in [0.05, 0.1) is 6.61 Å². The zero-order chi connectivity index (χ0) is 9.84. The molecule has 0 unspecified atom stereocenters. The zero-order valence-corrected chi connectivity index (χ0v) is 8.10. The summed E-state index contributed by atoms with van der Waals surface area (Å²) in [5.41, 5.74) is 5.46. The molecular formula is C8H17N3O2. The van der Waals surface area contributed by atoms with Crippen LogP contribution in [0.15, 0.2) is 5.16 Å². The Labute approximate surface area is 78.1 Å². The summed E-state index contributed by atoms with van der Waals surface area (Å²) < 4.78 is 5.35. The van der Waals surface area contributed by atoms with E-state index in [1.165, 1.54) is 0 Å². The summed E-state index contributed by atoms with van der Waals surface area (Å²) in [6.07, 6.45) is -0.263. The molecule has 0 aromatic rings. The topological polar surface area (TPSA) is 71.1 Å². The molecule has 3 N–H and O–H groups in total. The van der Waals surface area contributed by atoms with Crippen LogP contribution in [0.3, 0.4) is 0 Å². The molecule has 0 aliphatic carbocycles. The summed E-state index contributed by atoms with van der Waals surface area (Å²) in [6.45, 7) is 6.49. The van der Waals surface area contributed by atoms with Gasteiger partial charge in [0.25, 0.3) is 0 Å². The molecule has 0 saturated carbocycles. The van der Waals surface area contributed by atoms with Crippen molar-refractivity contribution in [2.24, 2.45) is 10.9 Å². The molecule has 1 heterocycles. The first-order valence-electron chi connectivity index (χ1n) is 4.48. The normalized spacial score (nSPS) is 26.7. The van der Waals surface area contributed by atoms with E-state index in [4.69, 9.17) is 15.7 Å². The Morgan fingerprint density at radius 2 is 2.38 bits per heavy atom. The number of rotatable bonds is 2. The van der Waals surface area contributed by atoms with Crippen LogP contribution >= 0.6 is 0 Å². The van der Waals surface area contributed by atoms with E-state index >= 15 is 0 Å². The van der Waals surface area contributed by atoms with Crippen LogP contribution in [-0.4, -0.2) is 47.8 Å². The SMILES string of the molecule is CC(C)N1CCO[C@H](/C(N)=N\O)C1. The number of morpholine rings is 1. The molecule has 1 fully saturated rings. The predicted molar refractivity (Wildman–Crippen MR) is 49.9 cm³/mol. The predicted octanol–water partition coefficient (Wildman–Crippen LogP) is -0.158. The van der Waals surface area contributed by atoms with E-state index in [1.807, 2.05) is 0 Å². The summed E-state index contributed by atoms with van der Waals surface area (Å²) in [4.78, 5) is 2.24. The van der Waals surface area contributed by atoms with Gasteiger partial charge in [-0.15, -0.1) is 0 Å². The number of nitrogens with two attached hydrogens (primary N) is 1. The van der Waals surface area contributed by atoms with E-state index < -0.39 is 0 Å². The van der Waals surface area contributed by atoms with Crippen molar-refractivity contribution in [3.8, 4) is 0 Å². The van der Waals surface area contributed by atoms with E-state index in [0.717, 1.165) is 6.54 Å². The molecule has 0 spiro atoms. The van der Waals surface area contributed by atoms with Crippen molar-refractivity contribution < 1.29 is 9.94 Å². The van der Waals surface area contributed by atoms with Crippen LogP contribution in [0.25, 0.3) is 0 Å². The number of nitrogens with zero attached hydrogens (tertiary/aromatic N) is 2. The highest BCUT2D eigenvalue weighted by Crippen LogP contribution is 2.08. The molecule has 0 amide bonds. The Bertz CT molecular complexity index is 194. The minimum absolute atomic E-state index is 0.158. The monoisotopic (exact) mass is 187 g/mol. The second-order valence-corrected chi connectivity index (χ2v) is 3.47. The molecule has 1 aliphatic rings. The minimum atomic E-state index is -0.263. The van der Waals surface area contributed by atoms with Crippen molar-refractivity contribution in [2.45, 2.75) is 26.0 Å². The first-order valence-corrected chi connectivity index (χ1v) is 4.48. The average molecular weight is 187 g/mol. The maximum atomic E-state index is 8.48. The Morgan fingerprint density at radius 3 is 2.92 bits per heavy atom. The Kier molecular flexibility index (Phi) is 3.50. The highest BCUT2D eigenvalue weighted by atomic mass is 16.5. The van der Waals surface area contributed by atoms with Crippen LogP contribution in [0.2, 0.25) is 0 Å². The lowest BCUT2D eigenvalue weighted by molar-refractivity contribution is -0.00726. The maximum Gasteiger partial charge on any atom is 0.169 e. The highest BCUT2D eigenvalue weighted by Gasteiger charge is 2.24. The second kappa shape index (κ2) is 4.43. The zero-order valence-electron chi connectivity index (χ0n) is 8.10. The molecule has 1 atom stereocenters. The van der Waals surface area contributed by atoms with Crippen molar-refractivity contribution in [3.05, 3.63) is 0 Å². The minimum Gasteiger partial charge on any atom is -0.409 e. The van der Waals surface area contributed by atoms with Gasteiger partial charge in [0.2, 0.25) is 0 Å². The van der Waals surface area contributed by atoms with Gasteiger partial charge in [-0.3, -0.25) is 4.90 Å². The van der Waals surface area contributed by atoms with Crippen molar-refractivity contribution >= 4 is 5.84 Å². The van der Waals surface area contributed by atoms with Gasteiger partial charge in [0.15, 0.2) is 5.84 Å². The molecule has 1 aliphatic heterocycles. The third-order valence-electron chi connectivity index (χ3n) is 2.27. The quantitative estimate of drug-likeness (QED) is 0.273. The molecule has 1 rings (SSSR count). The van der Waals surface area contributed by atoms with E-state index in [0.29, 0.717) is 19.2 Å². The number of ether oxygens (including phenoxy) is 1. The molecule has 5 heteroatoms. The van der Waals surface area contributed by atoms with Crippen LogP contribution in [0.1, 0.15) is 13.8 Å². The maximum absolute atomic E-state index is 8.48. The van der Waals surface area contributed by atoms with Crippen LogP contribution in [0.4, 0.5) is 0 Å². The Hall–Kier alpha value is -0.810. The van der Waals surface area contributed by atoms with E-state index in [2.05, 4.69) is 23.9 Å². The standard InChI is InChI=1S/C8H17N3O2/c1-6(2)11-3-4-13-7(5-11)8(9)10-12/h6-7,12H,3-5H2,1-2H3,(H2,9,10)/t7-/m0/s1. The summed E-state index contributed by atoms with van der Waals surface area (Å²) in [7, 11) is 0. The van der Waals surface area contributed by atoms with Gasteiger partial charge in [-0.1, -0.05) is 5.16 Å². The van der Waals surface area contributed by atoms with Gasteiger partial charge in [0, 0.05) is 19.1 Å². The molecule has 5 nitrogen and oxygen atoms in total. The van der Waals surface area contributed by atoms with Crippen molar-refractivity contribution in [1.82, 2.24) is 4.90 Å². The lowest BCUT2D eigenvalue weighted by Gasteiger charge is -2.34. The summed E-state index contributed by atoms with van der Waals surface area (Å²) in [5.74, 6) is 0.158. The lowest BCUT2D eigenvalue weighted by atomic mass is 10.2. The molecule has 0 radical (unpaired) electrons. The van der Waals surface area contributed by atoms with E-state index in [1.54, 1.807) is 0 Å². The number of hydrogen-bond donors (Lipinski definition) is 2. The van der Waals surface area contributed by atoms with Gasteiger partial charge in [-0.2, -0.15) is 0 Å². The second-order valence-electron chi connectivity index (χ2n) is 3.47. The fourth-order valence-electron chi connectivity index (χ4n) is 1.38. The first kappa shape index (κ1) is 10.3. The van der Waals surface area contributed by atoms with Gasteiger partial charge < -0.3 is 15.7 Å². The third kappa shape index (κ3) is 2.57. The van der Waals surface area contributed by atoms with Gasteiger partial charge in [-0.25, -0.2) is 0 Å². The molecule has 76 valence electrons. The Morgan fingerprint density at radius 1 is 1.69 bits per heavy atom. The van der Waals surface area contributed by atoms with E-state index in [-0.39, 0.29) is 11.9 Å². The number of hydrogen-bond acceptors (Lipinski definition) is 4. The van der Waals surface area contributed by atoms with Gasteiger partial charge >= 0.3 is 0 Å². The molecule has 0 aromatic heterocycles. The van der Waals surface area contributed by atoms with Crippen molar-refractivity contribution in [2.75, 3.05) is 19.7 Å². The smallest absolute Gasteiger partial charge is 0.169 e. The highest BCUT2D eigenvalue weighted by molar-refractivity contribution is 5.84. The number of amidine groups is 1. The molecule has 1 saturated heterocycles. The molecular weight excluding hydrogens is 170 g/mol. The summed E-state index contributed by atoms with van der Waals surface area (Å²) in [5, 5.41) is 11.4. The van der Waals surface area contributed by atoms with Crippen molar-refractivity contribution in [3.63, 3.8) is 0 Å². The molecule has 13 heavy (non-hydrogen) atoms. The Balaban J connectivity index is 2.51. The largest absolute Gasteiger partial charge is 0.409 e. The van der Waals surface area contributed by atoms with Gasteiger partial charge in [-0.05, 0) is 13.8 Å². The first-order chi connectivity index (χ1) is 6.15. The lowest BCUT2D eigenvalue weighted by Crippen LogP contribution is -2.50.